The van der Waals surface area contributed by atoms with Crippen LogP contribution < -0.4 is 5.73 Å². The van der Waals surface area contributed by atoms with Gasteiger partial charge in [0, 0.05) is 11.8 Å². The van der Waals surface area contributed by atoms with Gasteiger partial charge in [-0.2, -0.15) is 13.2 Å². The summed E-state index contributed by atoms with van der Waals surface area (Å²) >= 11 is 2.69. The van der Waals surface area contributed by atoms with Crippen LogP contribution in [0.5, 0.6) is 0 Å². The fraction of sp³-hybridized carbons (Fsp3) is 0.391. The van der Waals surface area contributed by atoms with E-state index in [-0.39, 0.29) is 5.91 Å². The molecule has 2 aliphatic heterocycles. The number of hydrogen-bond donors (Lipinski definition) is 2. The van der Waals surface area contributed by atoms with Crippen LogP contribution in [0.25, 0.3) is 5.57 Å². The molecule has 1 atom stereocenters. The normalized spacial score (nSPS) is 23.0. The molecule has 3 aliphatic rings. The first-order valence-electron chi connectivity index (χ1n) is 10.5. The highest BCUT2D eigenvalue weighted by molar-refractivity contribution is 9.12. The first-order valence-corrected chi connectivity index (χ1v) is 11.3. The van der Waals surface area contributed by atoms with Crippen LogP contribution in [-0.2, 0) is 4.79 Å². The Morgan fingerprint density at radius 1 is 1.18 bits per heavy atom. The van der Waals surface area contributed by atoms with Crippen molar-refractivity contribution in [3.63, 3.8) is 0 Å². The Hall–Kier alpha value is -2.59. The maximum atomic E-state index is 12.9. The molecule has 2 amide bonds. The molecule has 0 bridgehead atoms. The lowest BCUT2D eigenvalue weighted by Crippen LogP contribution is -2.64. The molecule has 1 saturated carbocycles. The summed E-state index contributed by atoms with van der Waals surface area (Å²) in [5.74, 6) is -0.776. The van der Waals surface area contributed by atoms with Crippen molar-refractivity contribution in [2.45, 2.75) is 37.6 Å². The van der Waals surface area contributed by atoms with E-state index in [0.29, 0.717) is 30.1 Å². The standard InChI is InChI=1S/C23H23BrF3N3O3/c1-13-17(3-2-10-30(13)21(32)18(24)19(28)23(25,26)27)14-4-6-15(7-5-14)20(31)29-11-22(33,12-29)16-8-9-16/h2-7,10,13,16,33H,8-9,11-12,28H2,1H3/b19-18+. The summed E-state index contributed by atoms with van der Waals surface area (Å²) in [6, 6.07) is 6.24. The molecule has 176 valence electrons. The fourth-order valence-corrected chi connectivity index (χ4v) is 4.65. The molecular weight excluding hydrogens is 503 g/mol. The number of alkyl halides is 3. The maximum absolute atomic E-state index is 12.9. The van der Waals surface area contributed by atoms with E-state index in [2.05, 4.69) is 15.9 Å². The highest BCUT2D eigenvalue weighted by Gasteiger charge is 2.53. The Labute approximate surface area is 197 Å². The minimum atomic E-state index is -4.83. The van der Waals surface area contributed by atoms with Gasteiger partial charge in [0.05, 0.1) is 19.1 Å². The zero-order chi connectivity index (χ0) is 24.1. The molecule has 1 saturated heterocycles. The fourth-order valence-electron chi connectivity index (χ4n) is 4.22. The predicted molar refractivity (Wildman–Crippen MR) is 120 cm³/mol. The van der Waals surface area contributed by atoms with Crippen LogP contribution >= 0.6 is 15.9 Å². The lowest BCUT2D eigenvalue weighted by Gasteiger charge is -2.47. The van der Waals surface area contributed by atoms with Crippen molar-refractivity contribution in [1.82, 2.24) is 9.80 Å². The summed E-state index contributed by atoms with van der Waals surface area (Å²) in [6.07, 6.45) is 1.90. The molecule has 0 aromatic heterocycles. The van der Waals surface area contributed by atoms with Gasteiger partial charge in [-0.3, -0.25) is 9.59 Å². The van der Waals surface area contributed by atoms with Gasteiger partial charge in [-0.05, 0) is 71.0 Å². The lowest BCUT2D eigenvalue weighted by molar-refractivity contribution is -0.126. The number of amides is 2. The SMILES string of the molecule is CC1C(c2ccc(C(=O)N3CC(O)(C4CC4)C3)cc2)=CC=CN1C(=O)/C(Br)=C(\N)C(F)(F)F. The van der Waals surface area contributed by atoms with Crippen molar-refractivity contribution in [1.29, 1.82) is 0 Å². The van der Waals surface area contributed by atoms with E-state index >= 15 is 0 Å². The number of halogens is 4. The van der Waals surface area contributed by atoms with E-state index in [0.717, 1.165) is 23.3 Å². The molecule has 2 heterocycles. The summed E-state index contributed by atoms with van der Waals surface area (Å²) in [6.45, 7) is 2.37. The van der Waals surface area contributed by atoms with Crippen LogP contribution in [0.3, 0.4) is 0 Å². The van der Waals surface area contributed by atoms with Gasteiger partial charge in [-0.25, -0.2) is 0 Å². The molecule has 3 N–H and O–H groups in total. The number of rotatable bonds is 4. The third-order valence-corrected chi connectivity index (χ3v) is 7.14. The minimum Gasteiger partial charge on any atom is -0.394 e. The summed E-state index contributed by atoms with van der Waals surface area (Å²) in [5.41, 5.74) is 4.74. The van der Waals surface area contributed by atoms with Gasteiger partial charge < -0.3 is 20.6 Å². The maximum Gasteiger partial charge on any atom is 0.432 e. The number of carbonyl (C=O) groups is 2. The molecule has 0 radical (unpaired) electrons. The molecule has 6 nitrogen and oxygen atoms in total. The Morgan fingerprint density at radius 3 is 2.33 bits per heavy atom. The Bertz CT molecular complexity index is 1070. The molecule has 0 spiro atoms. The first kappa shape index (κ1) is 23.6. The van der Waals surface area contributed by atoms with Gasteiger partial charge >= 0.3 is 6.18 Å². The van der Waals surface area contributed by atoms with Crippen LogP contribution in [0, 0.1) is 5.92 Å². The largest absolute Gasteiger partial charge is 0.432 e. The van der Waals surface area contributed by atoms with Crippen LogP contribution in [-0.4, -0.2) is 57.6 Å². The monoisotopic (exact) mass is 525 g/mol. The van der Waals surface area contributed by atoms with Gasteiger partial charge in [0.25, 0.3) is 11.8 Å². The zero-order valence-electron chi connectivity index (χ0n) is 17.8. The molecule has 1 unspecified atom stereocenters. The second kappa shape index (κ2) is 8.32. The molecule has 10 heteroatoms. The van der Waals surface area contributed by atoms with E-state index < -0.39 is 33.9 Å². The molecular formula is C23H23BrF3N3O3. The van der Waals surface area contributed by atoms with E-state index in [1.54, 1.807) is 48.2 Å². The number of nitrogens with two attached hydrogens (primary N) is 1. The number of likely N-dealkylation sites (tertiary alicyclic amines) is 1. The second-order valence-corrected chi connectivity index (χ2v) is 9.49. The topological polar surface area (TPSA) is 86.9 Å². The van der Waals surface area contributed by atoms with Gasteiger partial charge in [-0.15, -0.1) is 0 Å². The van der Waals surface area contributed by atoms with Crippen molar-refractivity contribution >= 4 is 33.3 Å². The highest BCUT2D eigenvalue weighted by atomic mass is 79.9. The second-order valence-electron chi connectivity index (χ2n) is 8.69. The Morgan fingerprint density at radius 2 is 1.79 bits per heavy atom. The molecule has 33 heavy (non-hydrogen) atoms. The molecule has 4 rings (SSSR count). The first-order chi connectivity index (χ1) is 15.4. The number of carbonyl (C=O) groups excluding carboxylic acids is 2. The van der Waals surface area contributed by atoms with E-state index in [4.69, 9.17) is 5.73 Å². The number of allylic oxidation sites excluding steroid dienone is 3. The highest BCUT2D eigenvalue weighted by Crippen LogP contribution is 2.44. The van der Waals surface area contributed by atoms with Crippen molar-refractivity contribution in [2.75, 3.05) is 13.1 Å². The van der Waals surface area contributed by atoms with Gasteiger partial charge in [0.1, 0.15) is 15.8 Å². The average Bonchev–Trinajstić information content (AvgIpc) is 3.60. The molecule has 2 fully saturated rings. The van der Waals surface area contributed by atoms with Crippen molar-refractivity contribution in [3.8, 4) is 0 Å². The third kappa shape index (κ3) is 4.46. The number of β-amino-alcohol motifs (C(OH)–C–C–N with tert-alkyl or cyclic N) is 1. The van der Waals surface area contributed by atoms with Crippen LogP contribution in [0.2, 0.25) is 0 Å². The summed E-state index contributed by atoms with van der Waals surface area (Å²) in [7, 11) is 0. The zero-order valence-corrected chi connectivity index (χ0v) is 19.4. The van der Waals surface area contributed by atoms with Crippen LogP contribution in [0.15, 0.2) is 52.8 Å². The third-order valence-electron chi connectivity index (χ3n) is 6.37. The van der Waals surface area contributed by atoms with Gasteiger partial charge in [0.2, 0.25) is 0 Å². The quantitative estimate of drug-likeness (QED) is 0.588. The molecule has 1 aliphatic carbocycles. The van der Waals surface area contributed by atoms with Crippen molar-refractivity contribution in [2.24, 2.45) is 11.7 Å². The summed E-state index contributed by atoms with van der Waals surface area (Å²) in [5, 5.41) is 10.4. The van der Waals surface area contributed by atoms with Crippen molar-refractivity contribution in [3.05, 3.63) is 63.9 Å². The van der Waals surface area contributed by atoms with Crippen LogP contribution in [0.4, 0.5) is 13.2 Å². The number of aliphatic hydroxyl groups is 1. The number of benzene rings is 1. The summed E-state index contributed by atoms with van der Waals surface area (Å²) in [4.78, 5) is 28.1. The minimum absolute atomic E-state index is 0.161. The smallest absolute Gasteiger partial charge is 0.394 e. The summed E-state index contributed by atoms with van der Waals surface area (Å²) < 4.78 is 37.9. The van der Waals surface area contributed by atoms with Crippen molar-refractivity contribution < 1.29 is 27.9 Å². The molecule has 1 aromatic rings. The van der Waals surface area contributed by atoms with Gasteiger partial charge in [0.15, 0.2) is 0 Å². The van der Waals surface area contributed by atoms with Crippen LogP contribution in [0.1, 0.15) is 35.7 Å². The van der Waals surface area contributed by atoms with E-state index in [1.807, 2.05) is 0 Å². The number of nitrogens with zero attached hydrogens (tertiary/aromatic N) is 2. The average molecular weight is 526 g/mol. The predicted octanol–water partition coefficient (Wildman–Crippen LogP) is 3.54. The van der Waals surface area contributed by atoms with Gasteiger partial charge in [-0.1, -0.05) is 18.2 Å². The Kier molecular flexibility index (Phi) is 5.94. The molecule has 1 aromatic carbocycles. The van der Waals surface area contributed by atoms with E-state index in [9.17, 15) is 27.9 Å². The lowest BCUT2D eigenvalue weighted by atomic mass is 9.88. The van der Waals surface area contributed by atoms with E-state index in [1.165, 1.54) is 6.20 Å². The Balaban J connectivity index is 1.46. The number of hydrogen-bond acceptors (Lipinski definition) is 4.